The highest BCUT2D eigenvalue weighted by atomic mass is 35.5. The first kappa shape index (κ1) is 14.0. The molecule has 3 N–H and O–H groups in total. The van der Waals surface area contributed by atoms with Gasteiger partial charge in [0.05, 0.1) is 12.7 Å². The maximum Gasteiger partial charge on any atom is 0.495 e. The lowest BCUT2D eigenvalue weighted by Crippen LogP contribution is -2.30. The Morgan fingerprint density at radius 1 is 1.63 bits per heavy atom. The molecule has 1 atom stereocenters. The lowest BCUT2D eigenvalue weighted by Gasteiger charge is -2.14. The molecule has 1 unspecified atom stereocenters. The van der Waals surface area contributed by atoms with Crippen molar-refractivity contribution in [1.29, 1.82) is 0 Å². The fourth-order valence-electron chi connectivity index (χ4n) is 2.07. The molecule has 102 valence electrons. The van der Waals surface area contributed by atoms with Gasteiger partial charge >= 0.3 is 13.2 Å². The number of halogens is 1. The van der Waals surface area contributed by atoms with Crippen molar-refractivity contribution in [1.82, 2.24) is 5.32 Å². The van der Waals surface area contributed by atoms with E-state index in [0.717, 1.165) is 0 Å². The van der Waals surface area contributed by atoms with Crippen molar-refractivity contribution < 1.29 is 24.3 Å². The minimum atomic E-state index is -1.17. The molecule has 8 heteroatoms. The van der Waals surface area contributed by atoms with Crippen LogP contribution in [0.25, 0.3) is 0 Å². The fraction of sp³-hybridized carbons (Fsp3) is 0.364. The first-order valence-corrected chi connectivity index (χ1v) is 6.17. The van der Waals surface area contributed by atoms with Gasteiger partial charge in [-0.3, -0.25) is 0 Å². The Morgan fingerprint density at radius 2 is 2.37 bits per heavy atom. The summed E-state index contributed by atoms with van der Waals surface area (Å²) in [4.78, 5) is 10.5. The highest BCUT2D eigenvalue weighted by Crippen LogP contribution is 2.33. The SMILES string of the molecule is CCOc1ccc(Cl)c2c1B(O)OC2CNC(=O)O. The molecule has 1 aliphatic rings. The summed E-state index contributed by atoms with van der Waals surface area (Å²) in [5, 5.41) is 21.1. The number of ether oxygens (including phenoxy) is 1. The second-order valence-electron chi connectivity index (χ2n) is 3.97. The normalized spacial score (nSPS) is 17.2. The van der Waals surface area contributed by atoms with Gasteiger partial charge < -0.3 is 24.8 Å². The van der Waals surface area contributed by atoms with Crippen LogP contribution >= 0.6 is 11.6 Å². The van der Waals surface area contributed by atoms with E-state index >= 15 is 0 Å². The van der Waals surface area contributed by atoms with E-state index in [4.69, 9.17) is 26.1 Å². The van der Waals surface area contributed by atoms with E-state index in [-0.39, 0.29) is 6.54 Å². The summed E-state index contributed by atoms with van der Waals surface area (Å²) < 4.78 is 10.7. The van der Waals surface area contributed by atoms with Gasteiger partial charge in [-0.05, 0) is 19.1 Å². The van der Waals surface area contributed by atoms with E-state index in [1.54, 1.807) is 12.1 Å². The van der Waals surface area contributed by atoms with E-state index in [2.05, 4.69) is 5.32 Å². The number of fused-ring (bicyclic) bond motifs is 1. The summed E-state index contributed by atoms with van der Waals surface area (Å²) in [5.74, 6) is 0.493. The minimum absolute atomic E-state index is 0.00862. The average Bonchev–Trinajstić information content (AvgIpc) is 2.69. The molecule has 0 spiro atoms. The Bertz CT molecular complexity index is 498. The zero-order chi connectivity index (χ0) is 14.0. The van der Waals surface area contributed by atoms with Crippen LogP contribution in [-0.2, 0) is 4.65 Å². The number of carbonyl (C=O) groups is 1. The largest absolute Gasteiger partial charge is 0.495 e. The molecule has 0 aromatic heterocycles. The van der Waals surface area contributed by atoms with Gasteiger partial charge in [0.1, 0.15) is 5.75 Å². The second-order valence-corrected chi connectivity index (χ2v) is 4.38. The summed E-state index contributed by atoms with van der Waals surface area (Å²) >= 11 is 6.10. The number of rotatable bonds is 4. The van der Waals surface area contributed by atoms with Gasteiger partial charge in [0.25, 0.3) is 0 Å². The molecule has 1 aromatic rings. The van der Waals surface area contributed by atoms with Gasteiger partial charge in [0.15, 0.2) is 0 Å². The molecule has 6 nitrogen and oxygen atoms in total. The first-order chi connectivity index (χ1) is 9.04. The van der Waals surface area contributed by atoms with Crippen LogP contribution in [0.3, 0.4) is 0 Å². The van der Waals surface area contributed by atoms with Crippen molar-refractivity contribution in [2.45, 2.75) is 13.0 Å². The summed E-state index contributed by atoms with van der Waals surface area (Å²) in [6.07, 6.45) is -1.79. The molecule has 0 saturated carbocycles. The molecule has 19 heavy (non-hydrogen) atoms. The third-order valence-corrected chi connectivity index (χ3v) is 3.12. The van der Waals surface area contributed by atoms with E-state index in [9.17, 15) is 9.82 Å². The van der Waals surface area contributed by atoms with Crippen LogP contribution in [-0.4, -0.2) is 36.5 Å². The fourth-order valence-corrected chi connectivity index (χ4v) is 2.36. The molecule has 1 amide bonds. The monoisotopic (exact) mass is 285 g/mol. The molecule has 0 saturated heterocycles. The Hall–Kier alpha value is -1.44. The number of benzene rings is 1. The van der Waals surface area contributed by atoms with Crippen LogP contribution in [0.5, 0.6) is 5.75 Å². The van der Waals surface area contributed by atoms with E-state index in [0.29, 0.717) is 28.4 Å². The van der Waals surface area contributed by atoms with Gasteiger partial charge in [-0.15, -0.1) is 0 Å². The Labute approximate surface area is 115 Å². The highest BCUT2D eigenvalue weighted by Gasteiger charge is 2.39. The van der Waals surface area contributed by atoms with Crippen LogP contribution in [0.4, 0.5) is 4.79 Å². The lowest BCUT2D eigenvalue weighted by molar-refractivity contribution is 0.167. The first-order valence-electron chi connectivity index (χ1n) is 5.80. The molecular weight excluding hydrogens is 272 g/mol. The average molecular weight is 285 g/mol. The zero-order valence-corrected chi connectivity index (χ0v) is 11.0. The van der Waals surface area contributed by atoms with Gasteiger partial charge in [0, 0.05) is 22.6 Å². The molecule has 2 rings (SSSR count). The van der Waals surface area contributed by atoms with Crippen LogP contribution in [0.2, 0.25) is 5.02 Å². The molecule has 1 aromatic carbocycles. The molecule has 1 heterocycles. The standard InChI is InChI=1S/C11H13BClNO5/c1-2-18-7-4-3-6(13)9-8(5-14-11(15)16)19-12(17)10(7)9/h3-4,8,14,17H,2,5H2,1H3,(H,15,16). The predicted octanol–water partition coefficient (Wildman–Crippen LogP) is 0.765. The Balaban J connectivity index is 2.34. The summed E-state index contributed by atoms with van der Waals surface area (Å²) in [6, 6.07) is 3.30. The van der Waals surface area contributed by atoms with E-state index in [1.807, 2.05) is 6.92 Å². The molecule has 0 bridgehead atoms. The van der Waals surface area contributed by atoms with Crippen molar-refractivity contribution in [3.63, 3.8) is 0 Å². The molecule has 0 radical (unpaired) electrons. The van der Waals surface area contributed by atoms with Crippen LogP contribution in [0, 0.1) is 0 Å². The minimum Gasteiger partial charge on any atom is -0.494 e. The number of nitrogens with one attached hydrogen (secondary N) is 1. The van der Waals surface area contributed by atoms with Crippen molar-refractivity contribution >= 4 is 30.3 Å². The summed E-state index contributed by atoms with van der Waals surface area (Å²) in [6.45, 7) is 2.28. The Kier molecular flexibility index (Phi) is 4.19. The maximum absolute atomic E-state index is 10.5. The molecular formula is C11H13BClNO5. The van der Waals surface area contributed by atoms with Crippen molar-refractivity contribution in [3.05, 3.63) is 22.7 Å². The smallest absolute Gasteiger partial charge is 0.494 e. The third-order valence-electron chi connectivity index (χ3n) is 2.79. The van der Waals surface area contributed by atoms with Gasteiger partial charge in [-0.1, -0.05) is 11.6 Å². The highest BCUT2D eigenvalue weighted by molar-refractivity contribution is 6.63. The number of hydrogen-bond donors (Lipinski definition) is 3. The van der Waals surface area contributed by atoms with Gasteiger partial charge in [-0.2, -0.15) is 0 Å². The van der Waals surface area contributed by atoms with Gasteiger partial charge in [-0.25, -0.2) is 4.79 Å². The lowest BCUT2D eigenvalue weighted by atomic mass is 9.78. The third kappa shape index (κ3) is 2.78. The van der Waals surface area contributed by atoms with Gasteiger partial charge in [0.2, 0.25) is 0 Å². The number of hydrogen-bond acceptors (Lipinski definition) is 4. The topological polar surface area (TPSA) is 88.0 Å². The van der Waals surface area contributed by atoms with Crippen molar-refractivity contribution in [2.24, 2.45) is 0 Å². The molecule has 0 fully saturated rings. The Morgan fingerprint density at radius 3 is 3.00 bits per heavy atom. The predicted molar refractivity (Wildman–Crippen MR) is 70.1 cm³/mol. The quantitative estimate of drug-likeness (QED) is 0.711. The summed E-state index contributed by atoms with van der Waals surface area (Å²) in [5.41, 5.74) is 1.03. The summed E-state index contributed by atoms with van der Waals surface area (Å²) in [7, 11) is -1.17. The maximum atomic E-state index is 10.5. The number of carboxylic acid groups (broad SMARTS) is 1. The van der Waals surface area contributed by atoms with E-state index in [1.165, 1.54) is 0 Å². The molecule has 1 aliphatic heterocycles. The second kappa shape index (κ2) is 5.69. The van der Waals surface area contributed by atoms with Crippen LogP contribution < -0.4 is 15.5 Å². The van der Waals surface area contributed by atoms with Crippen LogP contribution in [0.1, 0.15) is 18.6 Å². The molecule has 0 aliphatic carbocycles. The van der Waals surface area contributed by atoms with Crippen molar-refractivity contribution in [3.8, 4) is 5.75 Å². The zero-order valence-electron chi connectivity index (χ0n) is 10.2. The van der Waals surface area contributed by atoms with Crippen molar-refractivity contribution in [2.75, 3.05) is 13.2 Å². The van der Waals surface area contributed by atoms with E-state index < -0.39 is 19.3 Å². The van der Waals surface area contributed by atoms with Crippen LogP contribution in [0.15, 0.2) is 12.1 Å². The number of amides is 1.